The van der Waals surface area contributed by atoms with Crippen LogP contribution in [0.2, 0.25) is 0 Å². The lowest BCUT2D eigenvalue weighted by Gasteiger charge is -2.33. The number of hydrogen-bond acceptors (Lipinski definition) is 4. The molecule has 1 aliphatic rings. The van der Waals surface area contributed by atoms with Crippen LogP contribution in [0.25, 0.3) is 0 Å². The number of likely N-dealkylation sites (tertiary alicyclic amines) is 1. The molecule has 1 aromatic heterocycles. The molecule has 0 aliphatic carbocycles. The minimum Gasteiger partial charge on any atom is -0.354 e. The van der Waals surface area contributed by atoms with Crippen LogP contribution in [-0.2, 0) is 13.1 Å². The maximum atomic E-state index is 4.69. The van der Waals surface area contributed by atoms with Gasteiger partial charge in [0, 0.05) is 44.0 Å². The van der Waals surface area contributed by atoms with Crippen molar-refractivity contribution >= 4 is 17.3 Å². The van der Waals surface area contributed by atoms with Gasteiger partial charge in [-0.05, 0) is 30.9 Å². The summed E-state index contributed by atoms with van der Waals surface area (Å²) in [5, 5.41) is 10.3. The number of aromatic nitrogens is 1. The summed E-state index contributed by atoms with van der Waals surface area (Å²) < 4.78 is 0. The Labute approximate surface area is 173 Å². The average Bonchev–Trinajstić information content (AvgIpc) is 3.17. The highest BCUT2D eigenvalue weighted by Gasteiger charge is 2.20. The summed E-state index contributed by atoms with van der Waals surface area (Å²) >= 11 is 1.74. The Morgan fingerprint density at radius 3 is 2.68 bits per heavy atom. The molecule has 1 aromatic carbocycles. The Morgan fingerprint density at radius 1 is 1.29 bits per heavy atom. The summed E-state index contributed by atoms with van der Waals surface area (Å²) in [6.07, 6.45) is 2.28. The fourth-order valence-corrected chi connectivity index (χ4v) is 4.33. The van der Waals surface area contributed by atoms with Gasteiger partial charge in [-0.15, -0.1) is 11.3 Å². The molecule has 1 fully saturated rings. The number of benzene rings is 1. The summed E-state index contributed by atoms with van der Waals surface area (Å²) in [7, 11) is 1.84. The second kappa shape index (κ2) is 10.0. The molecule has 1 aliphatic heterocycles. The first-order chi connectivity index (χ1) is 13.5. The first kappa shape index (κ1) is 20.8. The van der Waals surface area contributed by atoms with E-state index in [0.29, 0.717) is 12.0 Å². The van der Waals surface area contributed by atoms with E-state index in [9.17, 15) is 0 Å². The summed E-state index contributed by atoms with van der Waals surface area (Å²) in [5.74, 6) is 1.36. The van der Waals surface area contributed by atoms with Crippen molar-refractivity contribution in [3.05, 3.63) is 51.5 Å². The smallest absolute Gasteiger partial charge is 0.191 e. The molecular weight excluding hydrogens is 366 g/mol. The molecule has 0 amide bonds. The molecule has 0 atom stereocenters. The standard InChI is InChI=1S/C22H33N5S/c1-16(2)21-25-20(15-28-21)13-24-22(23-4)26-19-9-11-27(12-10-19)14-18-8-6-5-7-17(18)3/h5-8,15-16,19H,9-14H2,1-4H3,(H2,23,24,26). The summed E-state index contributed by atoms with van der Waals surface area (Å²) in [6.45, 7) is 10.6. The molecule has 28 heavy (non-hydrogen) atoms. The fourth-order valence-electron chi connectivity index (χ4n) is 3.50. The van der Waals surface area contributed by atoms with Gasteiger partial charge in [0.1, 0.15) is 0 Å². The quantitative estimate of drug-likeness (QED) is 0.571. The van der Waals surface area contributed by atoms with E-state index in [4.69, 9.17) is 0 Å². The van der Waals surface area contributed by atoms with Crippen LogP contribution in [0.3, 0.4) is 0 Å². The highest BCUT2D eigenvalue weighted by molar-refractivity contribution is 7.09. The molecule has 152 valence electrons. The van der Waals surface area contributed by atoms with Crippen molar-refractivity contribution in [3.63, 3.8) is 0 Å². The fraction of sp³-hybridized carbons (Fsp3) is 0.545. The number of rotatable bonds is 6. The van der Waals surface area contributed by atoms with E-state index < -0.39 is 0 Å². The normalized spacial score (nSPS) is 16.5. The minimum absolute atomic E-state index is 0.473. The van der Waals surface area contributed by atoms with Crippen LogP contribution < -0.4 is 10.6 Å². The number of piperidine rings is 1. The van der Waals surface area contributed by atoms with E-state index >= 15 is 0 Å². The number of hydrogen-bond donors (Lipinski definition) is 2. The average molecular weight is 400 g/mol. The highest BCUT2D eigenvalue weighted by Crippen LogP contribution is 2.19. The number of nitrogens with one attached hydrogen (secondary N) is 2. The van der Waals surface area contributed by atoms with E-state index in [1.807, 2.05) is 7.05 Å². The summed E-state index contributed by atoms with van der Waals surface area (Å²) in [6, 6.07) is 9.17. The first-order valence-corrected chi connectivity index (χ1v) is 11.1. The number of guanidine groups is 1. The highest BCUT2D eigenvalue weighted by atomic mass is 32.1. The Kier molecular flexibility index (Phi) is 7.45. The van der Waals surface area contributed by atoms with Crippen LogP contribution >= 0.6 is 11.3 Å². The van der Waals surface area contributed by atoms with Crippen molar-refractivity contribution in [3.8, 4) is 0 Å². The van der Waals surface area contributed by atoms with Crippen molar-refractivity contribution in [2.75, 3.05) is 20.1 Å². The molecule has 2 aromatic rings. The van der Waals surface area contributed by atoms with Crippen molar-refractivity contribution in [1.82, 2.24) is 20.5 Å². The molecule has 3 rings (SSSR count). The van der Waals surface area contributed by atoms with Crippen LogP contribution in [0.4, 0.5) is 0 Å². The van der Waals surface area contributed by atoms with Crippen molar-refractivity contribution in [2.24, 2.45) is 4.99 Å². The third-order valence-corrected chi connectivity index (χ3v) is 6.50. The van der Waals surface area contributed by atoms with Gasteiger partial charge >= 0.3 is 0 Å². The molecule has 2 N–H and O–H groups in total. The van der Waals surface area contributed by atoms with Crippen LogP contribution in [0.15, 0.2) is 34.6 Å². The van der Waals surface area contributed by atoms with Gasteiger partial charge < -0.3 is 10.6 Å². The molecule has 0 unspecified atom stereocenters. The van der Waals surface area contributed by atoms with E-state index in [1.54, 1.807) is 11.3 Å². The number of aliphatic imine (C=N–C) groups is 1. The lowest BCUT2D eigenvalue weighted by atomic mass is 10.0. The number of aryl methyl sites for hydroxylation is 1. The van der Waals surface area contributed by atoms with E-state index in [0.717, 1.165) is 50.7 Å². The molecule has 0 spiro atoms. The van der Waals surface area contributed by atoms with E-state index in [-0.39, 0.29) is 0 Å². The van der Waals surface area contributed by atoms with Crippen LogP contribution in [-0.4, -0.2) is 42.0 Å². The van der Waals surface area contributed by atoms with Gasteiger partial charge in [0.2, 0.25) is 0 Å². The summed E-state index contributed by atoms with van der Waals surface area (Å²) in [5.41, 5.74) is 3.91. The zero-order valence-electron chi connectivity index (χ0n) is 17.5. The zero-order valence-corrected chi connectivity index (χ0v) is 18.4. The monoisotopic (exact) mass is 399 g/mol. The van der Waals surface area contributed by atoms with Gasteiger partial charge in [-0.25, -0.2) is 4.98 Å². The van der Waals surface area contributed by atoms with Crippen molar-refractivity contribution < 1.29 is 0 Å². The molecule has 0 radical (unpaired) electrons. The molecule has 0 bridgehead atoms. The van der Waals surface area contributed by atoms with Gasteiger partial charge in [-0.2, -0.15) is 0 Å². The van der Waals surface area contributed by atoms with E-state index in [2.05, 4.69) is 75.9 Å². The Balaban J connectivity index is 1.43. The van der Waals surface area contributed by atoms with Crippen LogP contribution in [0, 0.1) is 6.92 Å². The predicted octanol–water partition coefficient (Wildman–Crippen LogP) is 3.90. The van der Waals surface area contributed by atoms with Gasteiger partial charge in [-0.3, -0.25) is 9.89 Å². The predicted molar refractivity (Wildman–Crippen MR) is 119 cm³/mol. The maximum absolute atomic E-state index is 4.69. The molecular formula is C22H33N5S. The number of thiazole rings is 1. The van der Waals surface area contributed by atoms with Crippen molar-refractivity contribution in [2.45, 2.75) is 58.7 Å². The van der Waals surface area contributed by atoms with Gasteiger partial charge in [-0.1, -0.05) is 38.1 Å². The molecule has 6 heteroatoms. The van der Waals surface area contributed by atoms with Crippen LogP contribution in [0.5, 0.6) is 0 Å². The Hall–Kier alpha value is -1.92. The van der Waals surface area contributed by atoms with E-state index in [1.165, 1.54) is 16.1 Å². The molecule has 1 saturated heterocycles. The lowest BCUT2D eigenvalue weighted by molar-refractivity contribution is 0.198. The Morgan fingerprint density at radius 2 is 2.04 bits per heavy atom. The second-order valence-electron chi connectivity index (χ2n) is 7.88. The molecule has 0 saturated carbocycles. The van der Waals surface area contributed by atoms with Crippen molar-refractivity contribution in [1.29, 1.82) is 0 Å². The van der Waals surface area contributed by atoms with Gasteiger partial charge in [0.15, 0.2) is 5.96 Å². The third kappa shape index (κ3) is 5.79. The number of nitrogens with zero attached hydrogens (tertiary/aromatic N) is 3. The largest absolute Gasteiger partial charge is 0.354 e. The Bertz CT molecular complexity index is 775. The van der Waals surface area contributed by atoms with Gasteiger partial charge in [0.05, 0.1) is 17.2 Å². The van der Waals surface area contributed by atoms with Gasteiger partial charge in [0.25, 0.3) is 0 Å². The maximum Gasteiger partial charge on any atom is 0.191 e. The zero-order chi connectivity index (χ0) is 19.9. The SMILES string of the molecule is CN=C(NCc1csc(C(C)C)n1)NC1CCN(Cc2ccccc2C)CC1. The third-order valence-electron chi connectivity index (χ3n) is 5.31. The first-order valence-electron chi connectivity index (χ1n) is 10.2. The molecule has 2 heterocycles. The molecule has 5 nitrogen and oxygen atoms in total. The second-order valence-corrected chi connectivity index (χ2v) is 8.77. The minimum atomic E-state index is 0.473. The van der Waals surface area contributed by atoms with Crippen LogP contribution in [0.1, 0.15) is 54.4 Å². The lowest BCUT2D eigenvalue weighted by Crippen LogP contribution is -2.48. The summed E-state index contributed by atoms with van der Waals surface area (Å²) in [4.78, 5) is 11.6. The topological polar surface area (TPSA) is 52.6 Å².